The first-order valence-corrected chi connectivity index (χ1v) is 8.92. The molecule has 3 aromatic rings. The maximum Gasteiger partial charge on any atom is 0.265 e. The zero-order valence-electron chi connectivity index (χ0n) is 13.9. The van der Waals surface area contributed by atoms with Crippen molar-refractivity contribution in [2.24, 2.45) is 0 Å². The van der Waals surface area contributed by atoms with E-state index in [1.54, 1.807) is 0 Å². The summed E-state index contributed by atoms with van der Waals surface area (Å²) in [5, 5.41) is 7.34. The number of anilines is 1. The molecule has 0 saturated carbocycles. The zero-order chi connectivity index (χ0) is 18.8. The minimum Gasteiger partial charge on any atom is -0.454 e. The predicted octanol–water partition coefficient (Wildman–Crippen LogP) is 1.42. The summed E-state index contributed by atoms with van der Waals surface area (Å²) in [5.41, 5.74) is 0.784. The third kappa shape index (κ3) is 3.75. The van der Waals surface area contributed by atoms with Crippen molar-refractivity contribution in [1.29, 1.82) is 0 Å². The third-order valence-corrected chi connectivity index (χ3v) is 4.63. The monoisotopic (exact) mass is 386 g/mol. The summed E-state index contributed by atoms with van der Waals surface area (Å²) in [4.78, 5) is 39.3. The van der Waals surface area contributed by atoms with Crippen LogP contribution in [0.4, 0.5) is 5.13 Å². The lowest BCUT2D eigenvalue weighted by Gasteiger charge is -2.04. The van der Waals surface area contributed by atoms with Crippen LogP contribution in [-0.2, 0) is 11.3 Å². The van der Waals surface area contributed by atoms with Gasteiger partial charge in [-0.05, 0) is 18.2 Å². The van der Waals surface area contributed by atoms with Gasteiger partial charge in [0, 0.05) is 29.5 Å². The minimum absolute atomic E-state index is 0.0266. The van der Waals surface area contributed by atoms with Gasteiger partial charge >= 0.3 is 0 Å². The second-order valence-corrected chi connectivity index (χ2v) is 6.56. The Balaban J connectivity index is 1.40. The molecule has 0 bridgehead atoms. The van der Waals surface area contributed by atoms with Gasteiger partial charge in [0.2, 0.25) is 12.7 Å². The molecule has 0 aliphatic carbocycles. The first-order chi connectivity index (χ1) is 13.1. The van der Waals surface area contributed by atoms with Gasteiger partial charge in [-0.3, -0.25) is 19.5 Å². The fraction of sp³-hybridized carbons (Fsp3) is 0.176. The number of carbonyl (C=O) groups excluding carboxylic acids is 1. The van der Waals surface area contributed by atoms with E-state index in [1.165, 1.54) is 11.3 Å². The molecule has 9 nitrogen and oxygen atoms in total. The smallest absolute Gasteiger partial charge is 0.265 e. The number of fused-ring (bicyclic) bond motifs is 1. The van der Waals surface area contributed by atoms with Gasteiger partial charge in [0.15, 0.2) is 16.6 Å². The maximum absolute atomic E-state index is 12.1. The van der Waals surface area contributed by atoms with Crippen molar-refractivity contribution in [1.82, 2.24) is 14.8 Å². The molecule has 138 valence electrons. The number of carbonyl (C=O) groups is 1. The van der Waals surface area contributed by atoms with E-state index in [-0.39, 0.29) is 31.2 Å². The van der Waals surface area contributed by atoms with Gasteiger partial charge in [0.05, 0.1) is 12.2 Å². The fourth-order valence-electron chi connectivity index (χ4n) is 2.54. The molecule has 1 aliphatic heterocycles. The van der Waals surface area contributed by atoms with Crippen LogP contribution in [0.25, 0.3) is 11.3 Å². The summed E-state index contributed by atoms with van der Waals surface area (Å²) in [6.45, 7) is 0.272. The molecule has 2 aromatic heterocycles. The lowest BCUT2D eigenvalue weighted by atomic mass is 10.1. The molecule has 1 aromatic carbocycles. The lowest BCUT2D eigenvalue weighted by molar-refractivity contribution is -0.116. The molecule has 10 heteroatoms. The Labute approximate surface area is 156 Å². The van der Waals surface area contributed by atoms with Crippen LogP contribution in [0.15, 0.2) is 45.3 Å². The largest absolute Gasteiger partial charge is 0.454 e. The van der Waals surface area contributed by atoms with Crippen LogP contribution in [0, 0.1) is 0 Å². The van der Waals surface area contributed by atoms with E-state index >= 15 is 0 Å². The highest BCUT2D eigenvalue weighted by Crippen LogP contribution is 2.36. The predicted molar refractivity (Wildman–Crippen MR) is 98.2 cm³/mol. The van der Waals surface area contributed by atoms with Crippen LogP contribution in [0.5, 0.6) is 11.5 Å². The van der Waals surface area contributed by atoms with Crippen LogP contribution in [-0.4, -0.2) is 27.5 Å². The highest BCUT2D eigenvalue weighted by Gasteiger charge is 2.15. The third-order valence-electron chi connectivity index (χ3n) is 3.87. The normalized spacial score (nSPS) is 12.1. The van der Waals surface area contributed by atoms with E-state index in [1.807, 2.05) is 23.6 Å². The van der Waals surface area contributed by atoms with Gasteiger partial charge in [-0.1, -0.05) is 0 Å². The molecule has 0 unspecified atom stereocenters. The average Bonchev–Trinajstić information content (AvgIpc) is 3.31. The molecule has 0 fully saturated rings. The van der Waals surface area contributed by atoms with Crippen LogP contribution < -0.4 is 25.9 Å². The molecule has 2 N–H and O–H groups in total. The Bertz CT molecular complexity index is 1120. The fourth-order valence-corrected chi connectivity index (χ4v) is 3.28. The number of aryl methyl sites for hydroxylation is 1. The quantitative estimate of drug-likeness (QED) is 0.685. The number of nitrogens with zero attached hydrogens (tertiary/aromatic N) is 2. The SMILES string of the molecule is O=C(CCn1[nH]c(=O)ccc1=O)Nc1nc(-c2ccc3c(c2)OCO3)cs1. The van der Waals surface area contributed by atoms with Gasteiger partial charge in [0.1, 0.15) is 0 Å². The highest BCUT2D eigenvalue weighted by atomic mass is 32.1. The first kappa shape index (κ1) is 17.0. The summed E-state index contributed by atoms with van der Waals surface area (Å²) in [5.74, 6) is 1.04. The number of thiazole rings is 1. The standard InChI is InChI=1S/C17H14N4O5S/c22-14(5-6-21-16(24)4-3-15(23)20-21)19-17-18-11(8-27-17)10-1-2-12-13(7-10)26-9-25-12/h1-4,7-8H,5-6,9H2,(H,20,23)(H,18,19,22). The van der Waals surface area contributed by atoms with Crippen molar-refractivity contribution in [2.75, 3.05) is 12.1 Å². The summed E-state index contributed by atoms with van der Waals surface area (Å²) >= 11 is 1.29. The van der Waals surface area contributed by atoms with Crippen molar-refractivity contribution in [2.45, 2.75) is 13.0 Å². The molecular weight excluding hydrogens is 372 g/mol. The Hall–Kier alpha value is -3.40. The molecule has 27 heavy (non-hydrogen) atoms. The van der Waals surface area contributed by atoms with Crippen molar-refractivity contribution < 1.29 is 14.3 Å². The molecular formula is C17H14N4O5S. The zero-order valence-corrected chi connectivity index (χ0v) is 14.7. The van der Waals surface area contributed by atoms with Crippen molar-refractivity contribution >= 4 is 22.4 Å². The minimum atomic E-state index is -0.400. The number of ether oxygens (including phenoxy) is 2. The van der Waals surface area contributed by atoms with E-state index in [2.05, 4.69) is 15.4 Å². The van der Waals surface area contributed by atoms with Gasteiger partial charge < -0.3 is 14.8 Å². The second kappa shape index (κ2) is 7.08. The number of rotatable bonds is 5. The first-order valence-electron chi connectivity index (χ1n) is 8.04. The number of H-pyrrole nitrogens is 1. The van der Waals surface area contributed by atoms with Crippen LogP contribution in [0.2, 0.25) is 0 Å². The summed E-state index contributed by atoms with van der Waals surface area (Å²) in [6, 6.07) is 7.82. The Morgan fingerprint density at radius 2 is 2.07 bits per heavy atom. The van der Waals surface area contributed by atoms with Gasteiger partial charge in [0.25, 0.3) is 11.1 Å². The number of benzene rings is 1. The number of hydrogen-bond donors (Lipinski definition) is 2. The van der Waals surface area contributed by atoms with Crippen LogP contribution >= 0.6 is 11.3 Å². The molecule has 0 atom stereocenters. The summed E-state index contributed by atoms with van der Waals surface area (Å²) in [6.07, 6.45) is 0.0266. The van der Waals surface area contributed by atoms with E-state index in [9.17, 15) is 14.4 Å². The van der Waals surface area contributed by atoms with Crippen LogP contribution in [0.1, 0.15) is 6.42 Å². The Kier molecular flexibility index (Phi) is 4.47. The van der Waals surface area contributed by atoms with E-state index in [4.69, 9.17) is 9.47 Å². The topological polar surface area (TPSA) is 115 Å². The second-order valence-electron chi connectivity index (χ2n) is 5.70. The van der Waals surface area contributed by atoms with Crippen molar-refractivity contribution in [3.63, 3.8) is 0 Å². The number of aromatic nitrogens is 3. The molecule has 4 rings (SSSR count). The van der Waals surface area contributed by atoms with Crippen molar-refractivity contribution in [3.8, 4) is 22.8 Å². The summed E-state index contributed by atoms with van der Waals surface area (Å²) in [7, 11) is 0. The van der Waals surface area contributed by atoms with E-state index in [0.717, 1.165) is 22.4 Å². The Morgan fingerprint density at radius 1 is 1.22 bits per heavy atom. The van der Waals surface area contributed by atoms with E-state index in [0.29, 0.717) is 22.3 Å². The summed E-state index contributed by atoms with van der Waals surface area (Å²) < 4.78 is 11.7. The van der Waals surface area contributed by atoms with Gasteiger partial charge in [-0.25, -0.2) is 9.67 Å². The number of aromatic amines is 1. The Morgan fingerprint density at radius 3 is 2.96 bits per heavy atom. The molecule has 0 spiro atoms. The van der Waals surface area contributed by atoms with E-state index < -0.39 is 5.56 Å². The molecule has 3 heterocycles. The van der Waals surface area contributed by atoms with Gasteiger partial charge in [-0.15, -0.1) is 11.3 Å². The highest BCUT2D eigenvalue weighted by molar-refractivity contribution is 7.14. The maximum atomic E-state index is 12.1. The molecule has 0 saturated heterocycles. The molecule has 1 amide bonds. The average molecular weight is 386 g/mol. The van der Waals surface area contributed by atoms with Crippen molar-refractivity contribution in [3.05, 3.63) is 56.4 Å². The van der Waals surface area contributed by atoms with Crippen LogP contribution in [0.3, 0.4) is 0 Å². The lowest BCUT2D eigenvalue weighted by Crippen LogP contribution is -2.29. The number of nitrogens with one attached hydrogen (secondary N) is 2. The number of amides is 1. The molecule has 0 radical (unpaired) electrons. The number of hydrogen-bond acceptors (Lipinski definition) is 7. The molecule has 1 aliphatic rings. The van der Waals surface area contributed by atoms with Gasteiger partial charge in [-0.2, -0.15) is 0 Å².